The second-order valence-corrected chi connectivity index (χ2v) is 9.92. The lowest BCUT2D eigenvalue weighted by Gasteiger charge is -2.19. The number of likely N-dealkylation sites (tertiary alicyclic amines) is 1. The van der Waals surface area contributed by atoms with Gasteiger partial charge in [0.25, 0.3) is 0 Å². The standard InChI is InChI=1S/C21H24ClN3O3S/c22-17-6-7-20-16(14-17)8-11-24(20)13-10-21(26)25-12-9-19(15-25)29(27,28)23-18-4-2-1-3-5-18/h1-2,4,6-8,11,14,19,23H,3,5,9-10,12-13,15H2. The minimum atomic E-state index is -3.48. The van der Waals surface area contributed by atoms with Crippen LogP contribution in [0.4, 0.5) is 0 Å². The fraction of sp³-hybridized carbons (Fsp3) is 0.381. The summed E-state index contributed by atoms with van der Waals surface area (Å²) in [5, 5.41) is 1.16. The molecular formula is C21H24ClN3O3S. The van der Waals surface area contributed by atoms with Gasteiger partial charge in [0.2, 0.25) is 15.9 Å². The number of fused-ring (bicyclic) bond motifs is 1. The van der Waals surface area contributed by atoms with Gasteiger partial charge in [-0.1, -0.05) is 23.8 Å². The highest BCUT2D eigenvalue weighted by Gasteiger charge is 2.35. The van der Waals surface area contributed by atoms with Crippen LogP contribution in [0.3, 0.4) is 0 Å². The van der Waals surface area contributed by atoms with Gasteiger partial charge in [0, 0.05) is 53.9 Å². The van der Waals surface area contributed by atoms with Crippen molar-refractivity contribution in [2.45, 2.75) is 37.5 Å². The molecule has 2 heterocycles. The molecule has 0 bridgehead atoms. The smallest absolute Gasteiger partial charge is 0.237 e. The number of allylic oxidation sites excluding steroid dienone is 4. The third-order valence-electron chi connectivity index (χ3n) is 5.52. The molecule has 0 spiro atoms. The summed E-state index contributed by atoms with van der Waals surface area (Å²) in [6.45, 7) is 1.28. The van der Waals surface area contributed by atoms with Gasteiger partial charge in [0.05, 0.1) is 5.25 Å². The number of aryl methyl sites for hydroxylation is 1. The number of nitrogens with one attached hydrogen (secondary N) is 1. The van der Waals surface area contributed by atoms with Gasteiger partial charge in [0.15, 0.2) is 0 Å². The van der Waals surface area contributed by atoms with Crippen molar-refractivity contribution in [2.24, 2.45) is 0 Å². The second-order valence-electron chi connectivity index (χ2n) is 7.52. The zero-order valence-electron chi connectivity index (χ0n) is 16.1. The molecule has 1 aromatic carbocycles. The van der Waals surface area contributed by atoms with Gasteiger partial charge >= 0.3 is 0 Å². The van der Waals surface area contributed by atoms with Crippen LogP contribution in [0.1, 0.15) is 25.7 Å². The van der Waals surface area contributed by atoms with E-state index in [1.165, 1.54) is 0 Å². The van der Waals surface area contributed by atoms with Gasteiger partial charge < -0.3 is 9.47 Å². The van der Waals surface area contributed by atoms with Crippen molar-refractivity contribution >= 4 is 38.4 Å². The largest absolute Gasteiger partial charge is 0.347 e. The fourth-order valence-corrected chi connectivity index (χ4v) is 5.58. The number of benzene rings is 1. The van der Waals surface area contributed by atoms with Gasteiger partial charge in [0.1, 0.15) is 0 Å². The average molecular weight is 434 g/mol. The molecule has 29 heavy (non-hydrogen) atoms. The zero-order valence-corrected chi connectivity index (χ0v) is 17.6. The molecule has 1 fully saturated rings. The molecule has 4 rings (SSSR count). The number of carbonyl (C=O) groups excluding carboxylic acids is 1. The van der Waals surface area contributed by atoms with Crippen molar-refractivity contribution in [1.82, 2.24) is 14.2 Å². The molecule has 1 aromatic heterocycles. The lowest BCUT2D eigenvalue weighted by molar-refractivity contribution is -0.130. The Morgan fingerprint density at radius 1 is 1.28 bits per heavy atom. The first-order valence-electron chi connectivity index (χ1n) is 9.82. The van der Waals surface area contributed by atoms with Crippen molar-refractivity contribution in [2.75, 3.05) is 13.1 Å². The highest BCUT2D eigenvalue weighted by Crippen LogP contribution is 2.22. The molecule has 1 unspecified atom stereocenters. The first kappa shape index (κ1) is 20.0. The van der Waals surface area contributed by atoms with Crippen LogP contribution in [0, 0.1) is 0 Å². The van der Waals surface area contributed by atoms with Crippen LogP contribution in [0.2, 0.25) is 5.02 Å². The highest BCUT2D eigenvalue weighted by molar-refractivity contribution is 7.90. The topological polar surface area (TPSA) is 71.4 Å². The Balaban J connectivity index is 1.34. The van der Waals surface area contributed by atoms with E-state index in [1.54, 1.807) is 11.0 Å². The Morgan fingerprint density at radius 3 is 2.93 bits per heavy atom. The number of carbonyl (C=O) groups is 1. The number of halogens is 1. The predicted molar refractivity (Wildman–Crippen MR) is 115 cm³/mol. The predicted octanol–water partition coefficient (Wildman–Crippen LogP) is 3.44. The summed E-state index contributed by atoms with van der Waals surface area (Å²) in [4.78, 5) is 14.3. The molecule has 0 saturated carbocycles. The van der Waals surface area contributed by atoms with Crippen molar-refractivity contribution in [3.8, 4) is 0 Å². The van der Waals surface area contributed by atoms with Crippen LogP contribution >= 0.6 is 11.6 Å². The number of hydrogen-bond acceptors (Lipinski definition) is 3. The molecular weight excluding hydrogens is 410 g/mol. The first-order valence-corrected chi connectivity index (χ1v) is 11.7. The summed E-state index contributed by atoms with van der Waals surface area (Å²) in [5.74, 6) is -0.0154. The Kier molecular flexibility index (Phi) is 5.69. The van der Waals surface area contributed by atoms with Crippen molar-refractivity contribution in [1.29, 1.82) is 0 Å². The van der Waals surface area contributed by atoms with Crippen LogP contribution in [-0.2, 0) is 21.4 Å². The molecule has 1 N–H and O–H groups in total. The van der Waals surface area contributed by atoms with E-state index in [0.29, 0.717) is 37.4 Å². The summed E-state index contributed by atoms with van der Waals surface area (Å²) in [7, 11) is -3.48. The lowest BCUT2D eigenvalue weighted by Crippen LogP contribution is -2.37. The number of hydrogen-bond donors (Lipinski definition) is 1. The summed E-state index contributed by atoms with van der Waals surface area (Å²) >= 11 is 6.02. The number of sulfonamides is 1. The SMILES string of the molecule is O=C(CCn1ccc2cc(Cl)ccc21)N1CCC(S(=O)(=O)NC2=CC=CCC2)C1. The molecule has 1 amide bonds. The van der Waals surface area contributed by atoms with E-state index >= 15 is 0 Å². The summed E-state index contributed by atoms with van der Waals surface area (Å²) in [5.41, 5.74) is 1.75. The molecule has 1 aliphatic carbocycles. The maximum Gasteiger partial charge on any atom is 0.237 e. The minimum absolute atomic E-state index is 0.0154. The van der Waals surface area contributed by atoms with E-state index in [-0.39, 0.29) is 12.5 Å². The number of amides is 1. The van der Waals surface area contributed by atoms with E-state index < -0.39 is 15.3 Å². The molecule has 2 aliphatic rings. The molecule has 6 nitrogen and oxygen atoms in total. The second kappa shape index (κ2) is 8.24. The fourth-order valence-electron chi connectivity index (χ4n) is 3.90. The monoisotopic (exact) mass is 433 g/mol. The zero-order chi connectivity index (χ0) is 20.4. The third kappa shape index (κ3) is 4.51. The van der Waals surface area contributed by atoms with E-state index in [2.05, 4.69) is 4.72 Å². The Labute approximate surface area is 175 Å². The Bertz CT molecular complexity index is 1090. The molecule has 2 aromatic rings. The van der Waals surface area contributed by atoms with Gasteiger partial charge in [-0.3, -0.25) is 9.52 Å². The maximum atomic E-state index is 12.7. The molecule has 1 aliphatic heterocycles. The van der Waals surface area contributed by atoms with Crippen LogP contribution in [0.15, 0.2) is 54.4 Å². The van der Waals surface area contributed by atoms with Crippen LogP contribution in [-0.4, -0.2) is 42.1 Å². The van der Waals surface area contributed by atoms with Gasteiger partial charge in [-0.15, -0.1) is 0 Å². The van der Waals surface area contributed by atoms with Crippen LogP contribution < -0.4 is 4.72 Å². The third-order valence-corrected chi connectivity index (χ3v) is 7.57. The number of nitrogens with zero attached hydrogens (tertiary/aromatic N) is 2. The average Bonchev–Trinajstić information content (AvgIpc) is 3.34. The van der Waals surface area contributed by atoms with E-state index in [9.17, 15) is 13.2 Å². The van der Waals surface area contributed by atoms with Crippen molar-refractivity contribution in [3.63, 3.8) is 0 Å². The lowest BCUT2D eigenvalue weighted by atomic mass is 10.1. The Morgan fingerprint density at radius 2 is 2.14 bits per heavy atom. The maximum absolute atomic E-state index is 12.7. The molecule has 8 heteroatoms. The number of rotatable bonds is 6. The van der Waals surface area contributed by atoms with Crippen LogP contribution in [0.25, 0.3) is 10.9 Å². The van der Waals surface area contributed by atoms with E-state index in [4.69, 9.17) is 11.6 Å². The van der Waals surface area contributed by atoms with Gasteiger partial charge in [-0.25, -0.2) is 8.42 Å². The van der Waals surface area contributed by atoms with E-state index in [1.807, 2.05) is 47.2 Å². The Hall–Kier alpha value is -2.25. The molecule has 1 atom stereocenters. The van der Waals surface area contributed by atoms with Gasteiger partial charge in [-0.2, -0.15) is 0 Å². The van der Waals surface area contributed by atoms with Crippen LogP contribution in [0.5, 0.6) is 0 Å². The first-order chi connectivity index (χ1) is 13.9. The van der Waals surface area contributed by atoms with Crippen molar-refractivity contribution in [3.05, 3.63) is 59.4 Å². The molecule has 0 radical (unpaired) electrons. The normalized spacial score (nSPS) is 19.6. The van der Waals surface area contributed by atoms with E-state index in [0.717, 1.165) is 23.0 Å². The minimum Gasteiger partial charge on any atom is -0.347 e. The van der Waals surface area contributed by atoms with Gasteiger partial charge in [-0.05, 0) is 49.6 Å². The number of aromatic nitrogens is 1. The summed E-state index contributed by atoms with van der Waals surface area (Å²) in [6.07, 6.45) is 9.96. The molecule has 1 saturated heterocycles. The molecule has 154 valence electrons. The van der Waals surface area contributed by atoms with Crippen molar-refractivity contribution < 1.29 is 13.2 Å². The summed E-state index contributed by atoms with van der Waals surface area (Å²) < 4.78 is 30.0. The summed E-state index contributed by atoms with van der Waals surface area (Å²) in [6, 6.07) is 7.66. The quantitative estimate of drug-likeness (QED) is 0.758. The highest BCUT2D eigenvalue weighted by atomic mass is 35.5.